The van der Waals surface area contributed by atoms with Crippen LogP contribution in [0.2, 0.25) is 0 Å². The molecule has 0 saturated carbocycles. The number of nitrogens with zero attached hydrogens (tertiary/aromatic N) is 2. The molecule has 0 fully saturated rings. The van der Waals surface area contributed by atoms with Crippen LogP contribution in [0.5, 0.6) is 0 Å². The summed E-state index contributed by atoms with van der Waals surface area (Å²) < 4.78 is 1.91. The van der Waals surface area contributed by atoms with Gasteiger partial charge in [0.2, 0.25) is 0 Å². The Morgan fingerprint density at radius 1 is 1.53 bits per heavy atom. The van der Waals surface area contributed by atoms with Crippen molar-refractivity contribution >= 4 is 11.3 Å². The molecule has 0 bridgehead atoms. The minimum Gasteiger partial charge on any atom is -0.273 e. The molecule has 17 heavy (non-hydrogen) atoms. The molecule has 0 aromatic carbocycles. The molecule has 3 N–H and O–H groups in total. The zero-order chi connectivity index (χ0) is 12.1. The molecule has 1 unspecified atom stereocenters. The van der Waals surface area contributed by atoms with Gasteiger partial charge in [0.25, 0.3) is 0 Å². The third-order valence-corrected chi connectivity index (χ3v) is 3.70. The third-order valence-electron chi connectivity index (χ3n) is 2.97. The van der Waals surface area contributed by atoms with E-state index in [0.29, 0.717) is 6.04 Å². The van der Waals surface area contributed by atoms with Crippen molar-refractivity contribution in [2.75, 3.05) is 0 Å². The fourth-order valence-electron chi connectivity index (χ4n) is 1.91. The van der Waals surface area contributed by atoms with Gasteiger partial charge < -0.3 is 0 Å². The van der Waals surface area contributed by atoms with Gasteiger partial charge in [-0.05, 0) is 47.7 Å². The molecule has 0 radical (unpaired) electrons. The van der Waals surface area contributed by atoms with Gasteiger partial charge >= 0.3 is 0 Å². The van der Waals surface area contributed by atoms with Gasteiger partial charge in [-0.15, -0.1) is 0 Å². The average Bonchev–Trinajstić information content (AvgIpc) is 2.96. The molecule has 0 spiro atoms. The summed E-state index contributed by atoms with van der Waals surface area (Å²) in [5, 5.41) is 8.44. The number of hydrogen-bond donors (Lipinski definition) is 2. The number of nitrogens with one attached hydrogen (secondary N) is 1. The van der Waals surface area contributed by atoms with Crippen molar-refractivity contribution in [2.24, 2.45) is 12.9 Å². The van der Waals surface area contributed by atoms with Crippen LogP contribution in [0.4, 0.5) is 0 Å². The summed E-state index contributed by atoms with van der Waals surface area (Å²) in [6.07, 6.45) is 4.83. The Balaban J connectivity index is 1.86. The number of thiophene rings is 1. The zero-order valence-electron chi connectivity index (χ0n) is 9.97. The van der Waals surface area contributed by atoms with Gasteiger partial charge in [0.1, 0.15) is 0 Å². The van der Waals surface area contributed by atoms with Crippen molar-refractivity contribution in [3.8, 4) is 0 Å². The Bertz CT molecular complexity index is 435. The highest BCUT2D eigenvalue weighted by Gasteiger charge is 2.09. The highest BCUT2D eigenvalue weighted by molar-refractivity contribution is 7.07. The molecule has 0 saturated heterocycles. The first-order valence-corrected chi connectivity index (χ1v) is 6.68. The van der Waals surface area contributed by atoms with Crippen LogP contribution in [-0.2, 0) is 19.9 Å². The van der Waals surface area contributed by atoms with Crippen LogP contribution in [-0.4, -0.2) is 15.8 Å². The van der Waals surface area contributed by atoms with E-state index in [1.54, 1.807) is 11.3 Å². The molecular formula is C12H18N4S. The van der Waals surface area contributed by atoms with Gasteiger partial charge in [-0.3, -0.25) is 16.0 Å². The lowest BCUT2D eigenvalue weighted by Gasteiger charge is -2.14. The second-order valence-electron chi connectivity index (χ2n) is 4.18. The summed E-state index contributed by atoms with van der Waals surface area (Å²) in [4.78, 5) is 0. The standard InChI is InChI=1S/C12H18N4S/c1-16-12(4-6-14-16)3-2-11(15-13)8-10-5-7-17-9-10/h4-7,9,11,15H,2-3,8,13H2,1H3. The molecule has 92 valence electrons. The van der Waals surface area contributed by atoms with Crippen LogP contribution in [0, 0.1) is 0 Å². The van der Waals surface area contributed by atoms with E-state index in [1.807, 2.05) is 17.9 Å². The highest BCUT2D eigenvalue weighted by atomic mass is 32.1. The van der Waals surface area contributed by atoms with Crippen LogP contribution in [0.1, 0.15) is 17.7 Å². The van der Waals surface area contributed by atoms with Gasteiger partial charge in [-0.1, -0.05) is 0 Å². The SMILES string of the molecule is Cn1nccc1CCC(Cc1ccsc1)NN. The minimum absolute atomic E-state index is 0.319. The fraction of sp³-hybridized carbons (Fsp3) is 0.417. The molecule has 5 heteroatoms. The quantitative estimate of drug-likeness (QED) is 0.603. The van der Waals surface area contributed by atoms with Gasteiger partial charge in [-0.2, -0.15) is 16.4 Å². The zero-order valence-corrected chi connectivity index (χ0v) is 10.8. The predicted molar refractivity (Wildman–Crippen MR) is 70.7 cm³/mol. The first kappa shape index (κ1) is 12.3. The molecule has 2 rings (SSSR count). The molecule has 0 aliphatic rings. The summed E-state index contributed by atoms with van der Waals surface area (Å²) in [6.45, 7) is 0. The summed E-state index contributed by atoms with van der Waals surface area (Å²) >= 11 is 1.73. The van der Waals surface area contributed by atoms with Gasteiger partial charge in [-0.25, -0.2) is 0 Å². The molecule has 1 atom stereocenters. The van der Waals surface area contributed by atoms with E-state index in [9.17, 15) is 0 Å². The number of nitrogens with two attached hydrogens (primary N) is 1. The van der Waals surface area contributed by atoms with Crippen LogP contribution < -0.4 is 11.3 Å². The second-order valence-corrected chi connectivity index (χ2v) is 4.96. The van der Waals surface area contributed by atoms with Gasteiger partial charge in [0, 0.05) is 25.0 Å². The molecule has 0 aliphatic carbocycles. The van der Waals surface area contributed by atoms with Crippen LogP contribution >= 0.6 is 11.3 Å². The molecule has 2 heterocycles. The Morgan fingerprint density at radius 3 is 3.00 bits per heavy atom. The van der Waals surface area contributed by atoms with E-state index >= 15 is 0 Å². The average molecular weight is 250 g/mol. The van der Waals surface area contributed by atoms with E-state index in [1.165, 1.54) is 11.3 Å². The van der Waals surface area contributed by atoms with Crippen LogP contribution in [0.15, 0.2) is 29.1 Å². The fourth-order valence-corrected chi connectivity index (χ4v) is 2.59. The highest BCUT2D eigenvalue weighted by Crippen LogP contribution is 2.12. The Hall–Kier alpha value is -1.17. The van der Waals surface area contributed by atoms with E-state index in [0.717, 1.165) is 19.3 Å². The van der Waals surface area contributed by atoms with Crippen molar-refractivity contribution in [1.82, 2.24) is 15.2 Å². The largest absolute Gasteiger partial charge is 0.273 e. The summed E-state index contributed by atoms with van der Waals surface area (Å²) in [5.74, 6) is 5.60. The van der Waals surface area contributed by atoms with Crippen molar-refractivity contribution in [1.29, 1.82) is 0 Å². The maximum atomic E-state index is 5.60. The van der Waals surface area contributed by atoms with E-state index < -0.39 is 0 Å². The van der Waals surface area contributed by atoms with Crippen LogP contribution in [0.25, 0.3) is 0 Å². The summed E-state index contributed by atoms with van der Waals surface area (Å²) in [7, 11) is 1.97. The Morgan fingerprint density at radius 2 is 2.41 bits per heavy atom. The van der Waals surface area contributed by atoms with Gasteiger partial charge in [0.05, 0.1) is 0 Å². The maximum Gasteiger partial charge on any atom is 0.0492 e. The lowest BCUT2D eigenvalue weighted by molar-refractivity contribution is 0.484. The summed E-state index contributed by atoms with van der Waals surface area (Å²) in [5.41, 5.74) is 5.49. The molecule has 0 amide bonds. The molecular weight excluding hydrogens is 232 g/mol. The topological polar surface area (TPSA) is 55.9 Å². The normalized spacial score (nSPS) is 12.8. The number of hydrazine groups is 1. The smallest absolute Gasteiger partial charge is 0.0492 e. The monoisotopic (exact) mass is 250 g/mol. The number of rotatable bonds is 6. The first-order chi connectivity index (χ1) is 8.29. The first-order valence-electron chi connectivity index (χ1n) is 5.73. The second kappa shape index (κ2) is 5.95. The third kappa shape index (κ3) is 3.39. The number of aromatic nitrogens is 2. The lowest BCUT2D eigenvalue weighted by Crippen LogP contribution is -2.37. The number of aryl methyl sites for hydroxylation is 2. The summed E-state index contributed by atoms with van der Waals surface area (Å²) in [6, 6.07) is 4.52. The van der Waals surface area contributed by atoms with E-state index in [4.69, 9.17) is 5.84 Å². The van der Waals surface area contributed by atoms with Crippen molar-refractivity contribution in [3.05, 3.63) is 40.3 Å². The number of hydrogen-bond acceptors (Lipinski definition) is 4. The Labute approximate surface area is 105 Å². The lowest BCUT2D eigenvalue weighted by atomic mass is 10.0. The molecule has 4 nitrogen and oxygen atoms in total. The van der Waals surface area contributed by atoms with Gasteiger partial charge in [0.15, 0.2) is 0 Å². The molecule has 2 aromatic rings. The van der Waals surface area contributed by atoms with Crippen LogP contribution in [0.3, 0.4) is 0 Å². The Kier molecular flexibility index (Phi) is 4.30. The predicted octanol–water partition coefficient (Wildman–Crippen LogP) is 1.49. The van der Waals surface area contributed by atoms with E-state index in [2.05, 4.69) is 33.4 Å². The molecule has 0 aliphatic heterocycles. The van der Waals surface area contributed by atoms with Crippen molar-refractivity contribution in [2.45, 2.75) is 25.3 Å². The van der Waals surface area contributed by atoms with Crippen molar-refractivity contribution in [3.63, 3.8) is 0 Å². The maximum absolute atomic E-state index is 5.60. The minimum atomic E-state index is 0.319. The molecule has 2 aromatic heterocycles. The van der Waals surface area contributed by atoms with Crippen molar-refractivity contribution < 1.29 is 0 Å². The van der Waals surface area contributed by atoms with E-state index in [-0.39, 0.29) is 0 Å².